The molecule has 0 amide bonds. The van der Waals surface area contributed by atoms with E-state index in [4.69, 9.17) is 0 Å². The minimum absolute atomic E-state index is 0.381. The molecule has 0 spiro atoms. The lowest BCUT2D eigenvalue weighted by molar-refractivity contribution is 0.375. The van der Waals surface area contributed by atoms with Crippen LogP contribution in [0.3, 0.4) is 0 Å². The van der Waals surface area contributed by atoms with Crippen LogP contribution in [0.4, 0.5) is 0 Å². The van der Waals surface area contributed by atoms with Gasteiger partial charge in [0.15, 0.2) is 6.66 Å². The van der Waals surface area contributed by atoms with E-state index in [1.165, 1.54) is 6.66 Å². The zero-order valence-corrected chi connectivity index (χ0v) is 5.15. The summed E-state index contributed by atoms with van der Waals surface area (Å²) in [6.07, 6.45) is 1.57. The quantitative estimate of drug-likeness (QED) is 0.416. The lowest BCUT2D eigenvalue weighted by Crippen LogP contribution is -1.75. The molecule has 0 saturated heterocycles. The first-order valence-electron chi connectivity index (χ1n) is 1.92. The van der Waals surface area contributed by atoms with Gasteiger partial charge in [0.25, 0.3) is 0 Å². The van der Waals surface area contributed by atoms with E-state index in [2.05, 4.69) is 11.1 Å². The van der Waals surface area contributed by atoms with Gasteiger partial charge in [0.2, 0.25) is 0 Å². The van der Waals surface area contributed by atoms with Crippen molar-refractivity contribution in [3.05, 3.63) is 12.7 Å². The summed E-state index contributed by atoms with van der Waals surface area (Å²) in [5.74, 6) is 0. The van der Waals surface area contributed by atoms with Gasteiger partial charge >= 0.3 is 8.03 Å². The summed E-state index contributed by atoms with van der Waals surface area (Å²) < 4.78 is 14.7. The Labute approximate surface area is 44.0 Å². The van der Waals surface area contributed by atoms with Crippen LogP contribution in [0.1, 0.15) is 0 Å². The molecular formula is C4H8O2P+. The Morgan fingerprint density at radius 3 is 2.71 bits per heavy atom. The molecule has 0 aliphatic carbocycles. The van der Waals surface area contributed by atoms with Crippen molar-refractivity contribution in [2.75, 3.05) is 13.3 Å². The molecule has 0 aromatic rings. The average molecular weight is 119 g/mol. The molecule has 0 aromatic heterocycles. The summed E-state index contributed by atoms with van der Waals surface area (Å²) in [4.78, 5) is 0. The first kappa shape index (κ1) is 6.80. The van der Waals surface area contributed by atoms with Crippen molar-refractivity contribution in [1.82, 2.24) is 0 Å². The number of rotatable bonds is 3. The van der Waals surface area contributed by atoms with Gasteiger partial charge in [-0.15, -0.1) is 11.1 Å². The predicted molar refractivity (Wildman–Crippen MR) is 29.7 cm³/mol. The molecule has 7 heavy (non-hydrogen) atoms. The van der Waals surface area contributed by atoms with E-state index in [1.54, 1.807) is 6.08 Å². The molecule has 40 valence electrons. The maximum absolute atomic E-state index is 10.1. The summed E-state index contributed by atoms with van der Waals surface area (Å²) in [5.41, 5.74) is 0. The van der Waals surface area contributed by atoms with Crippen LogP contribution < -0.4 is 0 Å². The Morgan fingerprint density at radius 1 is 2.00 bits per heavy atom. The fourth-order valence-corrected chi connectivity index (χ4v) is 0.473. The third kappa shape index (κ3) is 5.80. The molecule has 0 aliphatic heterocycles. The third-order valence-corrected chi connectivity index (χ3v) is 0.887. The van der Waals surface area contributed by atoms with Gasteiger partial charge in [0, 0.05) is 0 Å². The molecule has 0 bridgehead atoms. The zero-order chi connectivity index (χ0) is 5.70. The van der Waals surface area contributed by atoms with Gasteiger partial charge in [-0.2, -0.15) is 0 Å². The van der Waals surface area contributed by atoms with Gasteiger partial charge in [-0.25, -0.2) is 0 Å². The Kier molecular flexibility index (Phi) is 3.86. The molecule has 2 nitrogen and oxygen atoms in total. The molecule has 0 rings (SSSR count). The van der Waals surface area contributed by atoms with Gasteiger partial charge in [0.05, 0.1) is 0 Å². The molecule has 0 saturated carbocycles. The van der Waals surface area contributed by atoms with Gasteiger partial charge in [0.1, 0.15) is 6.61 Å². The number of hydrogen-bond acceptors (Lipinski definition) is 2. The van der Waals surface area contributed by atoms with Crippen LogP contribution in [0.25, 0.3) is 0 Å². The molecule has 0 aromatic carbocycles. The topological polar surface area (TPSA) is 26.3 Å². The van der Waals surface area contributed by atoms with E-state index < -0.39 is 8.03 Å². The molecular weight excluding hydrogens is 111 g/mol. The highest BCUT2D eigenvalue weighted by atomic mass is 31.1. The normalized spacial score (nSPS) is 10.7. The predicted octanol–water partition coefficient (Wildman–Crippen LogP) is 1.56. The van der Waals surface area contributed by atoms with Crippen LogP contribution in [0, 0.1) is 0 Å². The van der Waals surface area contributed by atoms with Crippen LogP contribution >= 0.6 is 8.03 Å². The van der Waals surface area contributed by atoms with Crippen molar-refractivity contribution in [2.24, 2.45) is 0 Å². The Hall–Kier alpha value is -0.200. The molecule has 1 unspecified atom stereocenters. The van der Waals surface area contributed by atoms with E-state index in [9.17, 15) is 4.57 Å². The zero-order valence-electron chi connectivity index (χ0n) is 4.26. The smallest absolute Gasteiger partial charge is 0.142 e. The van der Waals surface area contributed by atoms with Gasteiger partial charge in [-0.3, -0.25) is 0 Å². The molecule has 0 aliphatic rings. The van der Waals surface area contributed by atoms with Gasteiger partial charge in [-0.1, -0.05) is 6.08 Å². The van der Waals surface area contributed by atoms with Crippen molar-refractivity contribution < 1.29 is 9.09 Å². The fourth-order valence-electron chi connectivity index (χ4n) is 0.158. The summed E-state index contributed by atoms with van der Waals surface area (Å²) in [6.45, 7) is 5.27. The molecule has 1 atom stereocenters. The minimum Gasteiger partial charge on any atom is -0.142 e. The maximum atomic E-state index is 10.1. The summed E-state index contributed by atoms with van der Waals surface area (Å²) in [7, 11) is -1.43. The van der Waals surface area contributed by atoms with Crippen LogP contribution in [0.2, 0.25) is 0 Å². The standard InChI is InChI=1S/C4H8O2P/c1-3-4-6-7(2)5/h3H,1,4H2,2H3/q+1. The van der Waals surface area contributed by atoms with Crippen LogP contribution in [0.15, 0.2) is 12.7 Å². The van der Waals surface area contributed by atoms with Crippen molar-refractivity contribution >= 4 is 8.03 Å². The van der Waals surface area contributed by atoms with E-state index in [0.717, 1.165) is 0 Å². The van der Waals surface area contributed by atoms with Crippen molar-refractivity contribution in [2.45, 2.75) is 0 Å². The first-order valence-corrected chi connectivity index (χ1v) is 3.54. The first-order chi connectivity index (χ1) is 3.27. The Balaban J connectivity index is 2.97. The lowest BCUT2D eigenvalue weighted by Gasteiger charge is -1.73. The minimum atomic E-state index is -1.43. The van der Waals surface area contributed by atoms with E-state index >= 15 is 0 Å². The summed E-state index contributed by atoms with van der Waals surface area (Å²) >= 11 is 0. The third-order valence-electron chi connectivity index (χ3n) is 0.374. The van der Waals surface area contributed by atoms with Crippen molar-refractivity contribution in [3.8, 4) is 0 Å². The van der Waals surface area contributed by atoms with Gasteiger partial charge < -0.3 is 0 Å². The van der Waals surface area contributed by atoms with Gasteiger partial charge in [-0.05, 0) is 4.57 Å². The molecule has 0 fully saturated rings. The second-order valence-electron chi connectivity index (χ2n) is 1.02. The molecule has 0 radical (unpaired) electrons. The van der Waals surface area contributed by atoms with Crippen molar-refractivity contribution in [3.63, 3.8) is 0 Å². The molecule has 0 N–H and O–H groups in total. The molecule has 0 heterocycles. The number of hydrogen-bond donors (Lipinski definition) is 0. The monoisotopic (exact) mass is 119 g/mol. The second-order valence-corrected chi connectivity index (χ2v) is 2.16. The Bertz CT molecular complexity index is 79.8. The SMILES string of the molecule is C=CCO[P+](C)=O. The second kappa shape index (κ2) is 3.97. The largest absolute Gasteiger partial charge is 0.505 e. The molecule has 3 heteroatoms. The fraction of sp³-hybridized carbons (Fsp3) is 0.500. The summed E-state index contributed by atoms with van der Waals surface area (Å²) in [5, 5.41) is 0. The van der Waals surface area contributed by atoms with E-state index in [1.807, 2.05) is 0 Å². The highest BCUT2D eigenvalue weighted by Crippen LogP contribution is 2.13. The lowest BCUT2D eigenvalue weighted by atomic mass is 10.7. The van der Waals surface area contributed by atoms with Crippen LogP contribution in [0.5, 0.6) is 0 Å². The van der Waals surface area contributed by atoms with Crippen molar-refractivity contribution in [1.29, 1.82) is 0 Å². The van der Waals surface area contributed by atoms with Crippen LogP contribution in [-0.2, 0) is 9.09 Å². The average Bonchev–Trinajstić information content (AvgIpc) is 1.61. The van der Waals surface area contributed by atoms with E-state index in [0.29, 0.717) is 6.61 Å². The Morgan fingerprint density at radius 2 is 2.57 bits per heavy atom. The van der Waals surface area contributed by atoms with E-state index in [-0.39, 0.29) is 0 Å². The maximum Gasteiger partial charge on any atom is 0.505 e. The van der Waals surface area contributed by atoms with Crippen LogP contribution in [-0.4, -0.2) is 13.3 Å². The highest BCUT2D eigenvalue weighted by Gasteiger charge is 2.01. The summed E-state index contributed by atoms with van der Waals surface area (Å²) in [6, 6.07) is 0. The highest BCUT2D eigenvalue weighted by molar-refractivity contribution is 7.38.